The first-order valence-electron chi connectivity index (χ1n) is 39.0. The van der Waals surface area contributed by atoms with Gasteiger partial charge in [-0.15, -0.1) is 0 Å². The number of carbonyl (C=O) groups excluding carboxylic acids is 6. The molecule has 0 amide bonds. The number of aliphatic hydroxyl groups excluding tert-OH is 3. The Morgan fingerprint density at radius 1 is 0.287 bits per heavy atom. The number of unbranched alkanes of at least 4 members (excludes halogenated alkanes) is 44. The van der Waals surface area contributed by atoms with Crippen LogP contribution in [-0.4, -0.2) is 109 Å². The van der Waals surface area contributed by atoms with Gasteiger partial charge >= 0.3 is 35.8 Å². The third kappa shape index (κ3) is 84.3. The zero-order chi connectivity index (χ0) is 69.7. The second kappa shape index (κ2) is 79.9. The molecular weight excluding hydrogens is 1190 g/mol. The monoisotopic (exact) mass is 1340 g/mol. The first-order valence-corrected chi connectivity index (χ1v) is 39.0. The fraction of sp³-hybridized carbons (Fsp3) is 0.873. The molecule has 0 aliphatic rings. The number of ether oxygens (including phenoxy) is 6. The average molecular weight is 1340 g/mol. The van der Waals surface area contributed by atoms with Crippen molar-refractivity contribution in [1.29, 1.82) is 0 Å². The Kier molecular flexibility index (Phi) is 80.2. The number of hydrogen-bond acceptors (Lipinski definition) is 15. The summed E-state index contributed by atoms with van der Waals surface area (Å²) in [6, 6.07) is 0. The van der Waals surface area contributed by atoms with E-state index in [1.807, 2.05) is 0 Å². The smallest absolute Gasteiger partial charge is 0.306 e. The highest BCUT2D eigenvalue weighted by Crippen LogP contribution is 2.18. The number of esters is 6. The average Bonchev–Trinajstić information content (AvgIpc) is 3.72. The third-order valence-electron chi connectivity index (χ3n) is 16.5. The van der Waals surface area contributed by atoms with Crippen molar-refractivity contribution in [1.82, 2.24) is 0 Å². The van der Waals surface area contributed by atoms with Gasteiger partial charge in [-0.2, -0.15) is 0 Å². The Morgan fingerprint density at radius 2 is 0.521 bits per heavy atom. The third-order valence-corrected chi connectivity index (χ3v) is 16.5. The molecule has 0 spiro atoms. The fourth-order valence-corrected chi connectivity index (χ4v) is 10.6. The number of aliphatic hydroxyl groups is 3. The van der Waals surface area contributed by atoms with Crippen LogP contribution in [0.1, 0.15) is 388 Å². The van der Waals surface area contributed by atoms with Gasteiger partial charge in [0.15, 0.2) is 6.10 Å². The Balaban J connectivity index is -0.00000143. The minimum Gasteiger partial charge on any atom is -0.463 e. The molecule has 0 aliphatic heterocycles. The van der Waals surface area contributed by atoms with Crippen molar-refractivity contribution in [3.8, 4) is 0 Å². The zero-order valence-electron chi connectivity index (χ0n) is 61.7. The summed E-state index contributed by atoms with van der Waals surface area (Å²) < 4.78 is 30.3. The van der Waals surface area contributed by atoms with Crippen LogP contribution >= 0.6 is 0 Å². The standard InChI is InChI=1S/C39H70O6.C21H40O5.C19H38O4/c1-4-6-8-10-12-14-16-18-19-21-23-25-27-29-31-33-39(42)45-37(34-43-36(3)40)35-44-38(41)32-30-28-26-24-22-20-17-15-13-11-9-7-5-2;1-3-4-5-6-7-8-9-10-11-12-13-14-15-16-21(24)26-18-20(23)17-25-19(2)22;1-2-3-4-5-6-7-8-9-10-11-12-13-14-15-19(22)23-17-18(21)16-20/h12,14,18-19,37H,4-11,13,15-17,20-35H2,1-3H3;20,23H,3-18H2,1-2H3;18,20-21H,2-17H2,1H3/b14-12+,19-18+;;. The summed E-state index contributed by atoms with van der Waals surface area (Å²) in [5.74, 6) is -2.12. The minimum absolute atomic E-state index is 0.0849. The molecule has 15 nitrogen and oxygen atoms in total. The lowest BCUT2D eigenvalue weighted by atomic mass is 10.0. The summed E-state index contributed by atoms with van der Waals surface area (Å²) in [5.41, 5.74) is 0. The number of carbonyl (C=O) groups is 6. The van der Waals surface area contributed by atoms with Crippen molar-refractivity contribution in [3.63, 3.8) is 0 Å². The van der Waals surface area contributed by atoms with E-state index in [2.05, 4.69) is 56.7 Å². The van der Waals surface area contributed by atoms with Crippen LogP contribution in [0.15, 0.2) is 24.3 Å². The molecule has 0 saturated carbocycles. The highest BCUT2D eigenvalue weighted by molar-refractivity contribution is 5.71. The Labute approximate surface area is 576 Å². The highest BCUT2D eigenvalue weighted by Gasteiger charge is 2.19. The van der Waals surface area contributed by atoms with E-state index in [4.69, 9.17) is 33.9 Å². The predicted molar refractivity (Wildman–Crippen MR) is 385 cm³/mol. The van der Waals surface area contributed by atoms with Gasteiger partial charge in [-0.25, -0.2) is 0 Å². The van der Waals surface area contributed by atoms with Crippen molar-refractivity contribution >= 4 is 35.8 Å². The molecule has 0 rings (SSSR count). The lowest BCUT2D eigenvalue weighted by Crippen LogP contribution is -2.30. The number of allylic oxidation sites excluding steroid dienone is 4. The molecule has 0 aromatic heterocycles. The summed E-state index contributed by atoms with van der Waals surface area (Å²) in [4.78, 5) is 69.4. The first kappa shape index (κ1) is 94.4. The summed E-state index contributed by atoms with van der Waals surface area (Å²) in [5, 5.41) is 27.1. The molecule has 3 N–H and O–H groups in total. The molecule has 0 saturated heterocycles. The van der Waals surface area contributed by atoms with Gasteiger partial charge in [0.1, 0.15) is 45.2 Å². The predicted octanol–water partition coefficient (Wildman–Crippen LogP) is 20.6. The van der Waals surface area contributed by atoms with Crippen molar-refractivity contribution in [2.24, 2.45) is 0 Å². The Hall–Kier alpha value is -3.82. The van der Waals surface area contributed by atoms with Crippen LogP contribution in [0.3, 0.4) is 0 Å². The van der Waals surface area contributed by atoms with E-state index in [1.165, 1.54) is 245 Å². The van der Waals surface area contributed by atoms with Crippen LogP contribution in [0.2, 0.25) is 0 Å². The van der Waals surface area contributed by atoms with Crippen molar-refractivity contribution in [3.05, 3.63) is 24.3 Å². The van der Waals surface area contributed by atoms with Crippen LogP contribution in [0.5, 0.6) is 0 Å². The van der Waals surface area contributed by atoms with Crippen LogP contribution < -0.4 is 0 Å². The maximum atomic E-state index is 12.4. The van der Waals surface area contributed by atoms with Gasteiger partial charge in [0.2, 0.25) is 0 Å². The van der Waals surface area contributed by atoms with E-state index in [1.54, 1.807) is 0 Å². The van der Waals surface area contributed by atoms with Gasteiger partial charge < -0.3 is 43.7 Å². The highest BCUT2D eigenvalue weighted by atomic mass is 16.6. The summed E-state index contributed by atoms with van der Waals surface area (Å²) in [6.45, 7) is 10.7. The van der Waals surface area contributed by atoms with Gasteiger partial charge in [0, 0.05) is 39.5 Å². The van der Waals surface area contributed by atoms with E-state index >= 15 is 0 Å². The van der Waals surface area contributed by atoms with Gasteiger partial charge in [-0.05, 0) is 57.8 Å². The molecule has 554 valence electrons. The van der Waals surface area contributed by atoms with Crippen molar-refractivity contribution < 1.29 is 72.5 Å². The van der Waals surface area contributed by atoms with Crippen LogP contribution in [0.4, 0.5) is 0 Å². The normalized spacial score (nSPS) is 12.1. The van der Waals surface area contributed by atoms with Gasteiger partial charge in [-0.3, -0.25) is 28.8 Å². The van der Waals surface area contributed by atoms with E-state index in [-0.39, 0.29) is 63.5 Å². The molecular formula is C79H148O15. The minimum atomic E-state index is -0.953. The molecule has 94 heavy (non-hydrogen) atoms. The van der Waals surface area contributed by atoms with Crippen LogP contribution in [0, 0.1) is 0 Å². The molecule has 0 radical (unpaired) electrons. The van der Waals surface area contributed by atoms with Gasteiger partial charge in [0.25, 0.3) is 0 Å². The molecule has 0 heterocycles. The molecule has 0 bridgehead atoms. The Bertz CT molecular complexity index is 1700. The van der Waals surface area contributed by atoms with Crippen LogP contribution in [0.25, 0.3) is 0 Å². The second-order valence-electron chi connectivity index (χ2n) is 26.2. The SMILES string of the molecule is CCCCC/C=C/C/C=C/CCCCCCCC(=O)OC(COC(C)=O)COC(=O)CCCCCCCCCCCCCCC.CCCCCCCCCCCCCCCC(=O)OCC(O)CO.CCCCCCCCCCCCCCCC(=O)OCC(O)COC(C)=O. The molecule has 0 aromatic carbocycles. The summed E-state index contributed by atoms with van der Waals surface area (Å²) in [6.07, 6.45) is 69.6. The topological polar surface area (TPSA) is 218 Å². The molecule has 0 fully saturated rings. The number of hydrogen-bond donors (Lipinski definition) is 3. The lowest BCUT2D eigenvalue weighted by Gasteiger charge is -2.17. The van der Waals surface area contributed by atoms with Crippen molar-refractivity contribution in [2.75, 3.05) is 39.6 Å². The molecule has 0 aliphatic carbocycles. The maximum Gasteiger partial charge on any atom is 0.306 e. The quantitative estimate of drug-likeness (QED) is 0.0223. The summed E-state index contributed by atoms with van der Waals surface area (Å²) in [7, 11) is 0. The number of rotatable bonds is 68. The van der Waals surface area contributed by atoms with Crippen LogP contribution in [-0.2, 0) is 57.2 Å². The van der Waals surface area contributed by atoms with E-state index < -0.39 is 30.3 Å². The fourth-order valence-electron chi connectivity index (χ4n) is 10.6. The van der Waals surface area contributed by atoms with E-state index in [9.17, 15) is 33.9 Å². The maximum absolute atomic E-state index is 12.4. The second-order valence-corrected chi connectivity index (χ2v) is 26.2. The summed E-state index contributed by atoms with van der Waals surface area (Å²) >= 11 is 0. The molecule has 0 aromatic rings. The zero-order valence-corrected chi connectivity index (χ0v) is 61.7. The molecule has 3 unspecified atom stereocenters. The Morgan fingerprint density at radius 3 is 0.840 bits per heavy atom. The first-order chi connectivity index (χ1) is 45.7. The van der Waals surface area contributed by atoms with Gasteiger partial charge in [-0.1, -0.05) is 315 Å². The molecule has 3 atom stereocenters. The molecule has 15 heteroatoms. The lowest BCUT2D eigenvalue weighted by molar-refractivity contribution is -0.166. The van der Waals surface area contributed by atoms with Crippen molar-refractivity contribution in [2.45, 2.75) is 407 Å². The largest absolute Gasteiger partial charge is 0.463 e. The van der Waals surface area contributed by atoms with E-state index in [0.717, 1.165) is 89.9 Å². The van der Waals surface area contributed by atoms with E-state index in [0.29, 0.717) is 25.7 Å². The van der Waals surface area contributed by atoms with Gasteiger partial charge in [0.05, 0.1) is 6.61 Å².